The van der Waals surface area contributed by atoms with Gasteiger partial charge in [0, 0.05) is 17.8 Å². The summed E-state index contributed by atoms with van der Waals surface area (Å²) in [4.78, 5) is 0. The average molecular weight is 221 g/mol. The van der Waals surface area contributed by atoms with Crippen LogP contribution in [0.2, 0.25) is 0 Å². The van der Waals surface area contributed by atoms with Gasteiger partial charge in [-0.1, -0.05) is 26.7 Å². The van der Waals surface area contributed by atoms with Crippen molar-refractivity contribution in [2.45, 2.75) is 58.0 Å². The van der Waals surface area contributed by atoms with Crippen molar-refractivity contribution in [1.82, 2.24) is 15.1 Å². The largest absolute Gasteiger partial charge is 0.316 e. The highest BCUT2D eigenvalue weighted by molar-refractivity contribution is 5.21. The Morgan fingerprint density at radius 2 is 2.12 bits per heavy atom. The van der Waals surface area contributed by atoms with Crippen molar-refractivity contribution in [3.8, 4) is 0 Å². The van der Waals surface area contributed by atoms with Gasteiger partial charge in [0.05, 0.1) is 12.2 Å². The normalized spacial score (nSPS) is 17.5. The summed E-state index contributed by atoms with van der Waals surface area (Å²) in [7, 11) is 2.00. The van der Waals surface area contributed by atoms with E-state index in [0.29, 0.717) is 12.0 Å². The Bertz CT molecular complexity index is 335. The van der Waals surface area contributed by atoms with Gasteiger partial charge < -0.3 is 5.32 Å². The van der Waals surface area contributed by atoms with Gasteiger partial charge in [-0.05, 0) is 25.8 Å². The molecule has 1 aliphatic rings. The molecule has 1 aromatic heterocycles. The third kappa shape index (κ3) is 2.14. The highest BCUT2D eigenvalue weighted by Gasteiger charge is 2.23. The zero-order valence-corrected chi connectivity index (χ0v) is 10.7. The fraction of sp³-hybridized carbons (Fsp3) is 0.769. The molecule has 0 spiro atoms. The molecular formula is C13H23N3. The fourth-order valence-corrected chi connectivity index (χ4v) is 2.81. The third-order valence-corrected chi connectivity index (χ3v) is 3.50. The second-order valence-electron chi connectivity index (χ2n) is 5.12. The van der Waals surface area contributed by atoms with Gasteiger partial charge in [-0.25, -0.2) is 0 Å². The van der Waals surface area contributed by atoms with Crippen molar-refractivity contribution in [3.05, 3.63) is 17.5 Å². The number of aromatic nitrogens is 2. The van der Waals surface area contributed by atoms with Crippen molar-refractivity contribution in [2.75, 3.05) is 7.05 Å². The Kier molecular flexibility index (Phi) is 3.64. The molecule has 0 atom stereocenters. The zero-order chi connectivity index (χ0) is 11.5. The lowest BCUT2D eigenvalue weighted by atomic mass is 10.0. The van der Waals surface area contributed by atoms with Gasteiger partial charge in [-0.15, -0.1) is 0 Å². The Morgan fingerprint density at radius 3 is 2.69 bits per heavy atom. The molecule has 0 bridgehead atoms. The van der Waals surface area contributed by atoms with E-state index in [2.05, 4.69) is 28.9 Å². The van der Waals surface area contributed by atoms with Crippen molar-refractivity contribution >= 4 is 0 Å². The monoisotopic (exact) mass is 221 g/mol. The van der Waals surface area contributed by atoms with Crippen LogP contribution >= 0.6 is 0 Å². The lowest BCUT2D eigenvalue weighted by molar-refractivity contribution is 0.441. The maximum absolute atomic E-state index is 4.61. The number of nitrogens with zero attached hydrogens (tertiary/aromatic N) is 2. The molecule has 16 heavy (non-hydrogen) atoms. The molecule has 2 rings (SSSR count). The van der Waals surface area contributed by atoms with Crippen LogP contribution in [0.25, 0.3) is 0 Å². The first-order valence-electron chi connectivity index (χ1n) is 6.45. The molecule has 0 aliphatic heterocycles. The standard InChI is InChI=1S/C13H23N3/c1-10(2)13-11(8-14-3)9-15-16(13)12-6-4-5-7-12/h9-10,12,14H,4-8H2,1-3H3. The zero-order valence-electron chi connectivity index (χ0n) is 10.7. The quantitative estimate of drug-likeness (QED) is 0.847. The molecule has 1 N–H and O–H groups in total. The van der Waals surface area contributed by atoms with Crippen LogP contribution in [0.5, 0.6) is 0 Å². The van der Waals surface area contributed by atoms with Gasteiger partial charge in [0.2, 0.25) is 0 Å². The summed E-state index contributed by atoms with van der Waals surface area (Å²) in [6.07, 6.45) is 7.39. The first-order chi connectivity index (χ1) is 7.74. The summed E-state index contributed by atoms with van der Waals surface area (Å²) in [5, 5.41) is 7.84. The van der Waals surface area contributed by atoms with Crippen LogP contribution < -0.4 is 5.32 Å². The smallest absolute Gasteiger partial charge is 0.0537 e. The molecule has 1 heterocycles. The van der Waals surface area contributed by atoms with Gasteiger partial charge >= 0.3 is 0 Å². The lowest BCUT2D eigenvalue weighted by Crippen LogP contribution is -2.14. The van der Waals surface area contributed by atoms with E-state index in [0.717, 1.165) is 6.54 Å². The van der Waals surface area contributed by atoms with E-state index >= 15 is 0 Å². The van der Waals surface area contributed by atoms with Crippen LogP contribution in [-0.2, 0) is 6.54 Å². The van der Waals surface area contributed by atoms with Gasteiger partial charge in [0.15, 0.2) is 0 Å². The van der Waals surface area contributed by atoms with E-state index in [1.54, 1.807) is 0 Å². The Hall–Kier alpha value is -0.830. The molecule has 1 aromatic rings. The van der Waals surface area contributed by atoms with E-state index in [1.165, 1.54) is 36.9 Å². The van der Waals surface area contributed by atoms with Gasteiger partial charge in [0.25, 0.3) is 0 Å². The van der Waals surface area contributed by atoms with Crippen molar-refractivity contribution in [1.29, 1.82) is 0 Å². The number of hydrogen-bond acceptors (Lipinski definition) is 2. The predicted molar refractivity (Wildman–Crippen MR) is 66.6 cm³/mol. The van der Waals surface area contributed by atoms with E-state index in [9.17, 15) is 0 Å². The number of nitrogens with one attached hydrogen (secondary N) is 1. The first-order valence-corrected chi connectivity index (χ1v) is 6.45. The van der Waals surface area contributed by atoms with Crippen LogP contribution in [0.1, 0.15) is 62.7 Å². The second-order valence-corrected chi connectivity index (χ2v) is 5.12. The number of rotatable bonds is 4. The summed E-state index contributed by atoms with van der Waals surface area (Å²) in [6, 6.07) is 0.656. The maximum Gasteiger partial charge on any atom is 0.0537 e. The Morgan fingerprint density at radius 1 is 1.44 bits per heavy atom. The molecule has 0 saturated heterocycles. The van der Waals surface area contributed by atoms with Gasteiger partial charge in [0.1, 0.15) is 0 Å². The highest BCUT2D eigenvalue weighted by Crippen LogP contribution is 2.32. The highest BCUT2D eigenvalue weighted by atomic mass is 15.3. The summed E-state index contributed by atoms with van der Waals surface area (Å²) in [5.41, 5.74) is 2.80. The van der Waals surface area contributed by atoms with Gasteiger partial charge in [-0.2, -0.15) is 5.10 Å². The van der Waals surface area contributed by atoms with Gasteiger partial charge in [-0.3, -0.25) is 4.68 Å². The Balaban J connectivity index is 2.29. The molecule has 0 unspecified atom stereocenters. The summed E-state index contributed by atoms with van der Waals surface area (Å²) >= 11 is 0. The van der Waals surface area contributed by atoms with Crippen molar-refractivity contribution in [2.24, 2.45) is 0 Å². The lowest BCUT2D eigenvalue weighted by Gasteiger charge is -2.17. The molecule has 0 aromatic carbocycles. The summed E-state index contributed by atoms with van der Waals surface area (Å²) < 4.78 is 2.30. The van der Waals surface area contributed by atoms with E-state index < -0.39 is 0 Å². The van der Waals surface area contributed by atoms with E-state index in [4.69, 9.17) is 0 Å². The Labute approximate surface area is 98.2 Å². The molecule has 0 amide bonds. The van der Waals surface area contributed by atoms with E-state index in [1.807, 2.05) is 13.2 Å². The van der Waals surface area contributed by atoms with Crippen LogP contribution in [0, 0.1) is 0 Å². The van der Waals surface area contributed by atoms with Crippen LogP contribution in [0.15, 0.2) is 6.20 Å². The van der Waals surface area contributed by atoms with Crippen LogP contribution in [0.4, 0.5) is 0 Å². The topological polar surface area (TPSA) is 29.9 Å². The minimum atomic E-state index is 0.562. The average Bonchev–Trinajstić information content (AvgIpc) is 2.83. The number of hydrogen-bond donors (Lipinski definition) is 1. The van der Waals surface area contributed by atoms with Crippen molar-refractivity contribution in [3.63, 3.8) is 0 Å². The molecule has 0 radical (unpaired) electrons. The molecule has 3 nitrogen and oxygen atoms in total. The fourth-order valence-electron chi connectivity index (χ4n) is 2.81. The third-order valence-electron chi connectivity index (χ3n) is 3.50. The first kappa shape index (κ1) is 11.6. The molecule has 1 aliphatic carbocycles. The second kappa shape index (κ2) is 5.00. The van der Waals surface area contributed by atoms with Crippen LogP contribution in [0.3, 0.4) is 0 Å². The molecule has 1 fully saturated rings. The minimum Gasteiger partial charge on any atom is -0.316 e. The van der Waals surface area contributed by atoms with E-state index in [-0.39, 0.29) is 0 Å². The molecular weight excluding hydrogens is 198 g/mol. The van der Waals surface area contributed by atoms with Crippen molar-refractivity contribution < 1.29 is 0 Å². The summed E-state index contributed by atoms with van der Waals surface area (Å²) in [5.74, 6) is 0.562. The minimum absolute atomic E-state index is 0.562. The molecule has 90 valence electrons. The van der Waals surface area contributed by atoms with Crippen LogP contribution in [-0.4, -0.2) is 16.8 Å². The SMILES string of the molecule is CNCc1cnn(C2CCCC2)c1C(C)C. The predicted octanol–water partition coefficient (Wildman–Crippen LogP) is 2.84. The molecule has 1 saturated carbocycles. The molecule has 3 heteroatoms. The maximum atomic E-state index is 4.61. The summed E-state index contributed by atoms with van der Waals surface area (Å²) in [6.45, 7) is 5.46.